The Morgan fingerprint density at radius 2 is 2.21 bits per heavy atom. The lowest BCUT2D eigenvalue weighted by Crippen LogP contribution is -2.50. The van der Waals surface area contributed by atoms with Crippen molar-refractivity contribution in [2.45, 2.75) is 38.7 Å². The van der Waals surface area contributed by atoms with E-state index in [1.54, 1.807) is 0 Å². The van der Waals surface area contributed by atoms with Gasteiger partial charge in [-0.25, -0.2) is 0 Å². The summed E-state index contributed by atoms with van der Waals surface area (Å²) in [6.45, 7) is 4.17. The minimum absolute atomic E-state index is 0.0283. The predicted molar refractivity (Wildman–Crippen MR) is 55.9 cm³/mol. The van der Waals surface area contributed by atoms with E-state index in [0.29, 0.717) is 6.42 Å². The van der Waals surface area contributed by atoms with Gasteiger partial charge in [0.05, 0.1) is 20.6 Å². The molecule has 1 atom stereocenters. The minimum atomic E-state index is -0.0283. The fourth-order valence-electron chi connectivity index (χ4n) is 2.03. The number of likely N-dealkylation sites (tertiary alicyclic amines) is 1. The predicted octanol–water partition coefficient (Wildman–Crippen LogP) is 1.57. The van der Waals surface area contributed by atoms with E-state index in [2.05, 4.69) is 14.1 Å². The van der Waals surface area contributed by atoms with Gasteiger partial charge >= 0.3 is 5.97 Å². The van der Waals surface area contributed by atoms with Crippen LogP contribution < -0.4 is 0 Å². The Kier molecular flexibility index (Phi) is 3.93. The molecule has 3 nitrogen and oxygen atoms in total. The van der Waals surface area contributed by atoms with Crippen LogP contribution in [0.1, 0.15) is 32.6 Å². The van der Waals surface area contributed by atoms with Gasteiger partial charge in [-0.2, -0.15) is 0 Å². The fourth-order valence-corrected chi connectivity index (χ4v) is 2.03. The van der Waals surface area contributed by atoms with E-state index in [1.807, 2.05) is 6.92 Å². The minimum Gasteiger partial charge on any atom is -0.456 e. The summed E-state index contributed by atoms with van der Waals surface area (Å²) in [5.74, 6) is -0.0283. The monoisotopic (exact) mass is 200 g/mol. The van der Waals surface area contributed by atoms with Crippen LogP contribution in [-0.2, 0) is 9.53 Å². The molecule has 0 radical (unpaired) electrons. The molecule has 0 N–H and O–H groups in total. The number of nitrogens with zero attached hydrogens (tertiary/aromatic N) is 1. The summed E-state index contributed by atoms with van der Waals surface area (Å²) in [4.78, 5) is 11.3. The average molecular weight is 200 g/mol. The maximum atomic E-state index is 11.3. The zero-order valence-electron chi connectivity index (χ0n) is 9.58. The number of carbonyl (C=O) groups excluding carboxylic acids is 1. The first-order valence-electron chi connectivity index (χ1n) is 5.55. The molecular formula is C11H22NO2+. The molecule has 82 valence electrons. The first kappa shape index (κ1) is 11.5. The molecular weight excluding hydrogens is 178 g/mol. The Balaban J connectivity index is 2.34. The number of hydrogen-bond acceptors (Lipinski definition) is 2. The Morgan fingerprint density at radius 3 is 2.79 bits per heavy atom. The molecule has 3 heteroatoms. The van der Waals surface area contributed by atoms with Gasteiger partial charge in [-0.15, -0.1) is 0 Å². The maximum absolute atomic E-state index is 11.3. The molecule has 1 heterocycles. The summed E-state index contributed by atoms with van der Waals surface area (Å²) in [5, 5.41) is 0. The van der Waals surface area contributed by atoms with Crippen LogP contribution in [0, 0.1) is 0 Å². The highest BCUT2D eigenvalue weighted by atomic mass is 16.5. The number of esters is 1. The standard InChI is InChI=1S/C11H22NO2/c1-4-6-11(13)14-10-7-5-8-12(2,3)9-10/h10H,4-9H2,1-3H3/q+1. The van der Waals surface area contributed by atoms with E-state index < -0.39 is 0 Å². The molecule has 0 aliphatic carbocycles. The van der Waals surface area contributed by atoms with Gasteiger partial charge in [0.15, 0.2) is 6.10 Å². The Hall–Kier alpha value is -0.570. The van der Waals surface area contributed by atoms with E-state index >= 15 is 0 Å². The highest BCUT2D eigenvalue weighted by Crippen LogP contribution is 2.17. The second kappa shape index (κ2) is 4.78. The smallest absolute Gasteiger partial charge is 0.306 e. The van der Waals surface area contributed by atoms with Gasteiger partial charge in [0.1, 0.15) is 6.54 Å². The van der Waals surface area contributed by atoms with Gasteiger partial charge < -0.3 is 9.22 Å². The van der Waals surface area contributed by atoms with Crippen LogP contribution in [0.5, 0.6) is 0 Å². The molecule has 0 amide bonds. The SMILES string of the molecule is CCCC(=O)OC1CCC[N+](C)(C)C1. The second-order valence-electron chi connectivity index (χ2n) is 4.85. The van der Waals surface area contributed by atoms with Crippen molar-refractivity contribution >= 4 is 5.97 Å². The molecule has 0 saturated carbocycles. The summed E-state index contributed by atoms with van der Waals surface area (Å²) < 4.78 is 6.39. The molecule has 14 heavy (non-hydrogen) atoms. The molecule has 0 aromatic carbocycles. The van der Waals surface area contributed by atoms with Gasteiger partial charge in [-0.1, -0.05) is 6.92 Å². The number of hydrogen-bond donors (Lipinski definition) is 0. The first-order chi connectivity index (χ1) is 6.53. The number of likely N-dealkylation sites (N-methyl/N-ethyl adjacent to an activating group) is 1. The molecule has 1 fully saturated rings. The van der Waals surface area contributed by atoms with Gasteiger partial charge in [0, 0.05) is 12.8 Å². The van der Waals surface area contributed by atoms with Crippen LogP contribution in [0.25, 0.3) is 0 Å². The van der Waals surface area contributed by atoms with Gasteiger partial charge in [0.2, 0.25) is 0 Å². The Bertz CT molecular complexity index is 201. The topological polar surface area (TPSA) is 26.3 Å². The van der Waals surface area contributed by atoms with Crippen LogP contribution in [-0.4, -0.2) is 43.7 Å². The molecule has 1 aliphatic heterocycles. The molecule has 1 unspecified atom stereocenters. The van der Waals surface area contributed by atoms with Crippen molar-refractivity contribution in [2.24, 2.45) is 0 Å². The zero-order valence-corrected chi connectivity index (χ0v) is 9.58. The molecule has 0 aromatic rings. The lowest BCUT2D eigenvalue weighted by molar-refractivity contribution is -0.898. The van der Waals surface area contributed by atoms with Crippen molar-refractivity contribution in [1.82, 2.24) is 0 Å². The normalized spacial score (nSPS) is 25.8. The number of rotatable bonds is 3. The number of piperidine rings is 1. The summed E-state index contributed by atoms with van der Waals surface area (Å²) in [6.07, 6.45) is 3.79. The Morgan fingerprint density at radius 1 is 1.50 bits per heavy atom. The highest BCUT2D eigenvalue weighted by molar-refractivity contribution is 5.69. The molecule has 1 aliphatic rings. The number of ether oxygens (including phenoxy) is 1. The quantitative estimate of drug-likeness (QED) is 0.510. The largest absolute Gasteiger partial charge is 0.456 e. The molecule has 1 saturated heterocycles. The van der Waals surface area contributed by atoms with Crippen molar-refractivity contribution < 1.29 is 14.0 Å². The van der Waals surface area contributed by atoms with Crippen LogP contribution >= 0.6 is 0 Å². The van der Waals surface area contributed by atoms with E-state index in [4.69, 9.17) is 4.74 Å². The maximum Gasteiger partial charge on any atom is 0.306 e. The van der Waals surface area contributed by atoms with Crippen molar-refractivity contribution in [1.29, 1.82) is 0 Å². The van der Waals surface area contributed by atoms with E-state index in [-0.39, 0.29) is 12.1 Å². The molecule has 0 spiro atoms. The molecule has 1 rings (SSSR count). The van der Waals surface area contributed by atoms with Crippen LogP contribution in [0.3, 0.4) is 0 Å². The van der Waals surface area contributed by atoms with Crippen molar-refractivity contribution in [3.63, 3.8) is 0 Å². The lowest BCUT2D eigenvalue weighted by Gasteiger charge is -2.37. The third kappa shape index (κ3) is 3.66. The van der Waals surface area contributed by atoms with E-state index in [1.165, 1.54) is 6.54 Å². The van der Waals surface area contributed by atoms with Crippen LogP contribution in [0.4, 0.5) is 0 Å². The van der Waals surface area contributed by atoms with Crippen molar-refractivity contribution in [3.05, 3.63) is 0 Å². The van der Waals surface area contributed by atoms with E-state index in [9.17, 15) is 4.79 Å². The van der Waals surface area contributed by atoms with Gasteiger partial charge in [0.25, 0.3) is 0 Å². The summed E-state index contributed by atoms with van der Waals surface area (Å²) >= 11 is 0. The fraction of sp³-hybridized carbons (Fsp3) is 0.909. The van der Waals surface area contributed by atoms with Gasteiger partial charge in [-0.3, -0.25) is 4.79 Å². The Labute approximate surface area is 86.6 Å². The summed E-state index contributed by atoms with van der Waals surface area (Å²) in [7, 11) is 4.39. The highest BCUT2D eigenvalue weighted by Gasteiger charge is 2.29. The van der Waals surface area contributed by atoms with Gasteiger partial charge in [-0.05, 0) is 12.8 Å². The number of carbonyl (C=O) groups is 1. The number of quaternary nitrogens is 1. The third-order valence-electron chi connectivity index (χ3n) is 2.74. The van der Waals surface area contributed by atoms with Crippen molar-refractivity contribution in [3.8, 4) is 0 Å². The zero-order chi connectivity index (χ0) is 10.6. The van der Waals surface area contributed by atoms with E-state index in [0.717, 1.165) is 30.3 Å². The molecule has 0 aromatic heterocycles. The first-order valence-corrected chi connectivity index (χ1v) is 5.55. The summed E-state index contributed by atoms with van der Waals surface area (Å²) in [5.41, 5.74) is 0. The van der Waals surface area contributed by atoms with Crippen LogP contribution in [0.15, 0.2) is 0 Å². The third-order valence-corrected chi connectivity index (χ3v) is 2.74. The average Bonchev–Trinajstić information content (AvgIpc) is 2.02. The molecule has 0 bridgehead atoms. The van der Waals surface area contributed by atoms with Crippen LogP contribution in [0.2, 0.25) is 0 Å². The lowest BCUT2D eigenvalue weighted by atomic mass is 10.1. The summed E-state index contributed by atoms with van der Waals surface area (Å²) in [6, 6.07) is 0. The van der Waals surface area contributed by atoms with Crippen molar-refractivity contribution in [2.75, 3.05) is 27.2 Å². The second-order valence-corrected chi connectivity index (χ2v) is 4.85.